The lowest BCUT2D eigenvalue weighted by molar-refractivity contribution is -0.140. The van der Waals surface area contributed by atoms with Gasteiger partial charge in [0, 0.05) is 0 Å². The minimum Gasteiger partial charge on any atom is -0.480 e. The van der Waals surface area contributed by atoms with Gasteiger partial charge >= 0.3 is 5.97 Å². The van der Waals surface area contributed by atoms with Gasteiger partial charge in [0.25, 0.3) is 0 Å². The molecule has 1 heterocycles. The number of nitrogens with two attached hydrogens (primary N) is 1. The van der Waals surface area contributed by atoms with E-state index in [1.54, 1.807) is 12.1 Å². The molecule has 1 amide bonds. The Balaban J connectivity index is 2.40. The van der Waals surface area contributed by atoms with Crippen LogP contribution in [0.4, 0.5) is 5.00 Å². The Morgan fingerprint density at radius 1 is 1.64 bits per heavy atom. The molecule has 0 fully saturated rings. The topological polar surface area (TPSA) is 92.4 Å². The summed E-state index contributed by atoms with van der Waals surface area (Å²) in [5.74, 6) is -1.56. The van der Waals surface area contributed by atoms with Gasteiger partial charge in [0.1, 0.15) is 6.04 Å². The van der Waals surface area contributed by atoms with Crippen molar-refractivity contribution in [2.24, 2.45) is 5.73 Å². The molecule has 1 rings (SSSR count). The molecule has 1 aromatic rings. The van der Waals surface area contributed by atoms with Crippen molar-refractivity contribution in [3.05, 3.63) is 17.5 Å². The molecule has 0 spiro atoms. The Morgan fingerprint density at radius 2 is 2.36 bits per heavy atom. The standard InChI is InChI=1S/C8H10N2O3S/c9-5(8(12)13)4-6(11)10-7-2-1-3-14-7/h1-3,5H,4,9H2,(H,10,11)(H,12,13). The minimum atomic E-state index is -1.17. The third kappa shape index (κ3) is 3.15. The number of aliphatic carboxylic acids is 1. The van der Waals surface area contributed by atoms with Crippen molar-refractivity contribution in [2.75, 3.05) is 5.32 Å². The number of carboxylic acids is 1. The molecule has 0 aliphatic heterocycles. The number of anilines is 1. The lowest BCUT2D eigenvalue weighted by Crippen LogP contribution is -2.34. The first-order valence-electron chi connectivity index (χ1n) is 3.91. The van der Waals surface area contributed by atoms with Crippen LogP contribution < -0.4 is 11.1 Å². The van der Waals surface area contributed by atoms with Crippen molar-refractivity contribution in [3.8, 4) is 0 Å². The molecular formula is C8H10N2O3S. The van der Waals surface area contributed by atoms with Crippen molar-refractivity contribution in [3.63, 3.8) is 0 Å². The molecule has 1 atom stereocenters. The smallest absolute Gasteiger partial charge is 0.321 e. The number of nitrogens with one attached hydrogen (secondary N) is 1. The second kappa shape index (κ2) is 4.73. The number of hydrogen-bond acceptors (Lipinski definition) is 4. The molecule has 1 unspecified atom stereocenters. The van der Waals surface area contributed by atoms with Crippen LogP contribution >= 0.6 is 11.3 Å². The molecule has 6 heteroatoms. The average Bonchev–Trinajstić information content (AvgIpc) is 2.56. The van der Waals surface area contributed by atoms with E-state index >= 15 is 0 Å². The Labute approximate surface area is 84.5 Å². The molecular weight excluding hydrogens is 204 g/mol. The summed E-state index contributed by atoms with van der Waals surface area (Å²) in [5, 5.41) is 13.5. The summed E-state index contributed by atoms with van der Waals surface area (Å²) in [6.07, 6.45) is -0.215. The largest absolute Gasteiger partial charge is 0.480 e. The van der Waals surface area contributed by atoms with Gasteiger partial charge in [-0.25, -0.2) is 0 Å². The van der Waals surface area contributed by atoms with E-state index in [0.717, 1.165) is 0 Å². The summed E-state index contributed by atoms with van der Waals surface area (Å²) < 4.78 is 0. The molecule has 76 valence electrons. The Bertz CT molecular complexity index is 323. The number of amides is 1. The van der Waals surface area contributed by atoms with E-state index in [9.17, 15) is 9.59 Å². The average molecular weight is 214 g/mol. The van der Waals surface area contributed by atoms with E-state index < -0.39 is 12.0 Å². The monoisotopic (exact) mass is 214 g/mol. The van der Waals surface area contributed by atoms with Gasteiger partial charge in [-0.15, -0.1) is 11.3 Å². The van der Waals surface area contributed by atoms with Crippen LogP contribution in [0.3, 0.4) is 0 Å². The number of rotatable bonds is 4. The van der Waals surface area contributed by atoms with E-state index in [1.807, 2.05) is 5.38 Å². The van der Waals surface area contributed by atoms with Crippen LogP contribution in [0.1, 0.15) is 6.42 Å². The number of carbonyl (C=O) groups is 2. The third-order valence-corrected chi connectivity index (χ3v) is 2.29. The molecule has 0 bridgehead atoms. The molecule has 1 aromatic heterocycles. The molecule has 0 aliphatic rings. The Morgan fingerprint density at radius 3 is 2.86 bits per heavy atom. The highest BCUT2D eigenvalue weighted by molar-refractivity contribution is 7.14. The molecule has 0 saturated carbocycles. The van der Waals surface area contributed by atoms with Crippen LogP contribution in [-0.2, 0) is 9.59 Å². The van der Waals surface area contributed by atoms with E-state index in [-0.39, 0.29) is 12.3 Å². The van der Waals surface area contributed by atoms with Gasteiger partial charge in [0.15, 0.2) is 0 Å². The van der Waals surface area contributed by atoms with Gasteiger partial charge in [-0.2, -0.15) is 0 Å². The maximum Gasteiger partial charge on any atom is 0.321 e. The van der Waals surface area contributed by atoms with E-state index in [0.29, 0.717) is 5.00 Å². The SMILES string of the molecule is NC(CC(=O)Nc1cccs1)C(=O)O. The predicted octanol–water partition coefficient (Wildman–Crippen LogP) is 0.489. The zero-order valence-corrected chi connectivity index (χ0v) is 8.08. The van der Waals surface area contributed by atoms with Crippen LogP contribution in [-0.4, -0.2) is 23.0 Å². The number of hydrogen-bond donors (Lipinski definition) is 3. The van der Waals surface area contributed by atoms with Crippen molar-refractivity contribution >= 4 is 28.2 Å². The highest BCUT2D eigenvalue weighted by Gasteiger charge is 2.16. The first-order chi connectivity index (χ1) is 6.59. The molecule has 0 aliphatic carbocycles. The van der Waals surface area contributed by atoms with Crippen LogP contribution in [0, 0.1) is 0 Å². The van der Waals surface area contributed by atoms with Crippen molar-refractivity contribution in [1.29, 1.82) is 0 Å². The van der Waals surface area contributed by atoms with Gasteiger partial charge in [0.05, 0.1) is 11.4 Å². The van der Waals surface area contributed by atoms with Gasteiger partial charge in [-0.1, -0.05) is 0 Å². The summed E-state index contributed by atoms with van der Waals surface area (Å²) in [6, 6.07) is 2.38. The molecule has 14 heavy (non-hydrogen) atoms. The molecule has 0 saturated heterocycles. The first-order valence-corrected chi connectivity index (χ1v) is 4.79. The molecule has 4 N–H and O–H groups in total. The summed E-state index contributed by atoms with van der Waals surface area (Å²) in [7, 11) is 0. The van der Waals surface area contributed by atoms with Gasteiger partial charge < -0.3 is 16.2 Å². The van der Waals surface area contributed by atoms with Crippen molar-refractivity contribution in [2.45, 2.75) is 12.5 Å². The first kappa shape index (κ1) is 10.7. The van der Waals surface area contributed by atoms with Gasteiger partial charge in [-0.3, -0.25) is 9.59 Å². The van der Waals surface area contributed by atoms with E-state index in [2.05, 4.69) is 5.32 Å². The van der Waals surface area contributed by atoms with Crippen molar-refractivity contribution < 1.29 is 14.7 Å². The fourth-order valence-corrected chi connectivity index (χ4v) is 1.46. The lowest BCUT2D eigenvalue weighted by atomic mass is 10.2. The normalized spacial score (nSPS) is 12.1. The summed E-state index contributed by atoms with van der Waals surface area (Å²) in [6.45, 7) is 0. The second-order valence-corrected chi connectivity index (χ2v) is 3.62. The molecule has 0 radical (unpaired) electrons. The van der Waals surface area contributed by atoms with Crippen LogP contribution in [0.25, 0.3) is 0 Å². The Kier molecular flexibility index (Phi) is 3.61. The molecule has 5 nitrogen and oxygen atoms in total. The number of carboxylic acid groups (broad SMARTS) is 1. The van der Waals surface area contributed by atoms with Crippen LogP contribution in [0.2, 0.25) is 0 Å². The maximum atomic E-state index is 11.2. The van der Waals surface area contributed by atoms with E-state index in [1.165, 1.54) is 11.3 Å². The van der Waals surface area contributed by atoms with Crippen LogP contribution in [0.5, 0.6) is 0 Å². The zero-order valence-electron chi connectivity index (χ0n) is 7.27. The minimum absolute atomic E-state index is 0.215. The van der Waals surface area contributed by atoms with Gasteiger partial charge in [0.2, 0.25) is 5.91 Å². The highest BCUT2D eigenvalue weighted by Crippen LogP contribution is 2.15. The highest BCUT2D eigenvalue weighted by atomic mass is 32.1. The second-order valence-electron chi connectivity index (χ2n) is 2.67. The fraction of sp³-hybridized carbons (Fsp3) is 0.250. The predicted molar refractivity (Wildman–Crippen MR) is 53.2 cm³/mol. The lowest BCUT2D eigenvalue weighted by Gasteiger charge is -2.05. The fourth-order valence-electron chi connectivity index (χ4n) is 0.825. The Hall–Kier alpha value is -1.40. The van der Waals surface area contributed by atoms with E-state index in [4.69, 9.17) is 10.8 Å². The summed E-state index contributed by atoms with van der Waals surface area (Å²) >= 11 is 1.37. The van der Waals surface area contributed by atoms with Crippen molar-refractivity contribution in [1.82, 2.24) is 0 Å². The zero-order chi connectivity index (χ0) is 10.6. The van der Waals surface area contributed by atoms with Crippen LogP contribution in [0.15, 0.2) is 17.5 Å². The maximum absolute atomic E-state index is 11.2. The molecule has 0 aromatic carbocycles. The number of carbonyl (C=O) groups excluding carboxylic acids is 1. The van der Waals surface area contributed by atoms with Gasteiger partial charge in [-0.05, 0) is 17.5 Å². The third-order valence-electron chi connectivity index (χ3n) is 1.51. The summed E-state index contributed by atoms with van der Waals surface area (Å²) in [4.78, 5) is 21.5. The quantitative estimate of drug-likeness (QED) is 0.680. The number of thiophene rings is 1. The summed E-state index contributed by atoms with van der Waals surface area (Å²) in [5.41, 5.74) is 5.19.